The van der Waals surface area contributed by atoms with E-state index in [9.17, 15) is 14.0 Å². The monoisotopic (exact) mass is 281 g/mol. The van der Waals surface area contributed by atoms with Crippen LogP contribution in [0.25, 0.3) is 0 Å². The molecule has 1 fully saturated rings. The molecule has 1 unspecified atom stereocenters. The van der Waals surface area contributed by atoms with Gasteiger partial charge in [-0.05, 0) is 31.0 Å². The fourth-order valence-corrected chi connectivity index (χ4v) is 1.93. The van der Waals surface area contributed by atoms with Crippen molar-refractivity contribution in [3.05, 3.63) is 24.0 Å². The van der Waals surface area contributed by atoms with Crippen LogP contribution in [0.15, 0.2) is 18.2 Å². The number of carbonyl (C=O) groups excluding carboxylic acids is 2. The van der Waals surface area contributed by atoms with Crippen molar-refractivity contribution < 1.29 is 18.7 Å². The quantitative estimate of drug-likeness (QED) is 0.762. The number of nitrogens with two attached hydrogens (primary N) is 1. The van der Waals surface area contributed by atoms with E-state index in [1.807, 2.05) is 0 Å². The molecule has 1 saturated heterocycles. The van der Waals surface area contributed by atoms with Crippen molar-refractivity contribution in [2.45, 2.75) is 18.9 Å². The number of anilines is 2. The first-order valence-electron chi connectivity index (χ1n) is 6.32. The Morgan fingerprint density at radius 3 is 2.80 bits per heavy atom. The third kappa shape index (κ3) is 3.52. The molecule has 2 rings (SSSR count). The normalized spacial score (nSPS) is 17.8. The molecular formula is C13H16FN3O3. The Bertz CT molecular complexity index is 516. The highest BCUT2D eigenvalue weighted by Gasteiger charge is 2.24. The SMILES string of the molecule is NCC(=O)Nc1cc(F)ccc1NC(=O)C1CCCO1. The van der Waals surface area contributed by atoms with Crippen molar-refractivity contribution in [3.63, 3.8) is 0 Å². The van der Waals surface area contributed by atoms with Gasteiger partial charge in [-0.1, -0.05) is 0 Å². The summed E-state index contributed by atoms with van der Waals surface area (Å²) < 4.78 is 18.5. The Morgan fingerprint density at radius 1 is 1.35 bits per heavy atom. The molecule has 20 heavy (non-hydrogen) atoms. The maximum atomic E-state index is 13.2. The Labute approximate surface area is 115 Å². The molecule has 0 aromatic heterocycles. The largest absolute Gasteiger partial charge is 0.368 e. The lowest BCUT2D eigenvalue weighted by Gasteiger charge is -2.14. The molecule has 1 aromatic carbocycles. The van der Waals surface area contributed by atoms with E-state index in [-0.39, 0.29) is 18.1 Å². The van der Waals surface area contributed by atoms with Crippen LogP contribution in [0, 0.1) is 5.82 Å². The van der Waals surface area contributed by atoms with Gasteiger partial charge in [0, 0.05) is 6.61 Å². The first-order chi connectivity index (χ1) is 9.60. The highest BCUT2D eigenvalue weighted by Crippen LogP contribution is 2.24. The number of hydrogen-bond acceptors (Lipinski definition) is 4. The summed E-state index contributed by atoms with van der Waals surface area (Å²) in [5.41, 5.74) is 5.68. The van der Waals surface area contributed by atoms with E-state index in [0.29, 0.717) is 18.7 Å². The van der Waals surface area contributed by atoms with Crippen molar-refractivity contribution in [2.75, 3.05) is 23.8 Å². The molecule has 7 heteroatoms. The predicted molar refractivity (Wildman–Crippen MR) is 71.7 cm³/mol. The Morgan fingerprint density at radius 2 is 2.15 bits per heavy atom. The number of nitrogens with one attached hydrogen (secondary N) is 2. The average Bonchev–Trinajstić information content (AvgIpc) is 2.95. The summed E-state index contributed by atoms with van der Waals surface area (Å²) >= 11 is 0. The molecule has 0 spiro atoms. The summed E-state index contributed by atoms with van der Waals surface area (Å²) in [7, 11) is 0. The number of ether oxygens (including phenoxy) is 1. The lowest BCUT2D eigenvalue weighted by Crippen LogP contribution is -2.28. The maximum absolute atomic E-state index is 13.2. The van der Waals surface area contributed by atoms with E-state index in [1.54, 1.807) is 0 Å². The van der Waals surface area contributed by atoms with E-state index in [1.165, 1.54) is 12.1 Å². The molecule has 0 aliphatic carbocycles. The summed E-state index contributed by atoms with van der Waals surface area (Å²) in [6.07, 6.45) is 0.980. The first kappa shape index (κ1) is 14.4. The van der Waals surface area contributed by atoms with Gasteiger partial charge in [0.15, 0.2) is 0 Å². The van der Waals surface area contributed by atoms with Crippen LogP contribution in [-0.4, -0.2) is 31.1 Å². The number of amides is 2. The van der Waals surface area contributed by atoms with E-state index >= 15 is 0 Å². The molecule has 0 saturated carbocycles. The van der Waals surface area contributed by atoms with Gasteiger partial charge in [-0.2, -0.15) is 0 Å². The van der Waals surface area contributed by atoms with Gasteiger partial charge in [0.2, 0.25) is 5.91 Å². The molecule has 0 radical (unpaired) electrons. The molecule has 1 aliphatic heterocycles. The van der Waals surface area contributed by atoms with E-state index in [2.05, 4.69) is 10.6 Å². The zero-order chi connectivity index (χ0) is 14.5. The van der Waals surface area contributed by atoms with Gasteiger partial charge in [-0.3, -0.25) is 9.59 Å². The highest BCUT2D eigenvalue weighted by atomic mass is 19.1. The lowest BCUT2D eigenvalue weighted by molar-refractivity contribution is -0.124. The zero-order valence-corrected chi connectivity index (χ0v) is 10.8. The van der Waals surface area contributed by atoms with Gasteiger partial charge in [0.05, 0.1) is 17.9 Å². The third-order valence-electron chi connectivity index (χ3n) is 2.92. The molecule has 108 valence electrons. The molecule has 1 aliphatic rings. The van der Waals surface area contributed by atoms with Crippen molar-refractivity contribution in [2.24, 2.45) is 5.73 Å². The van der Waals surface area contributed by atoms with Crippen LogP contribution in [0.5, 0.6) is 0 Å². The van der Waals surface area contributed by atoms with Gasteiger partial charge < -0.3 is 21.1 Å². The van der Waals surface area contributed by atoms with Crippen LogP contribution in [0.4, 0.5) is 15.8 Å². The summed E-state index contributed by atoms with van der Waals surface area (Å²) in [6, 6.07) is 3.70. The maximum Gasteiger partial charge on any atom is 0.253 e. The van der Waals surface area contributed by atoms with Crippen LogP contribution >= 0.6 is 0 Å². The van der Waals surface area contributed by atoms with E-state index < -0.39 is 17.8 Å². The van der Waals surface area contributed by atoms with Gasteiger partial charge in [-0.15, -0.1) is 0 Å². The second kappa shape index (κ2) is 6.44. The summed E-state index contributed by atoms with van der Waals surface area (Å²) in [5, 5.41) is 5.06. The molecule has 4 N–H and O–H groups in total. The van der Waals surface area contributed by atoms with Crippen molar-refractivity contribution >= 4 is 23.2 Å². The van der Waals surface area contributed by atoms with E-state index in [4.69, 9.17) is 10.5 Å². The summed E-state index contributed by atoms with van der Waals surface area (Å²) in [6.45, 7) is 0.327. The minimum Gasteiger partial charge on any atom is -0.368 e. The number of carbonyl (C=O) groups is 2. The fourth-order valence-electron chi connectivity index (χ4n) is 1.93. The standard InChI is InChI=1S/C13H16FN3O3/c14-8-3-4-9(10(6-8)16-12(18)7-15)17-13(19)11-2-1-5-20-11/h3-4,6,11H,1-2,5,7,15H2,(H,16,18)(H,17,19). The van der Waals surface area contributed by atoms with E-state index in [0.717, 1.165) is 12.5 Å². The van der Waals surface area contributed by atoms with Crippen LogP contribution in [0.1, 0.15) is 12.8 Å². The van der Waals surface area contributed by atoms with Gasteiger partial charge >= 0.3 is 0 Å². The predicted octanol–water partition coefficient (Wildman–Crippen LogP) is 0.840. The van der Waals surface area contributed by atoms with Crippen molar-refractivity contribution in [3.8, 4) is 0 Å². The smallest absolute Gasteiger partial charge is 0.253 e. The molecular weight excluding hydrogens is 265 g/mol. The second-order valence-corrected chi connectivity index (χ2v) is 4.43. The zero-order valence-electron chi connectivity index (χ0n) is 10.8. The number of rotatable bonds is 4. The van der Waals surface area contributed by atoms with Gasteiger partial charge in [0.1, 0.15) is 11.9 Å². The molecule has 0 bridgehead atoms. The van der Waals surface area contributed by atoms with Crippen LogP contribution in [0.2, 0.25) is 0 Å². The van der Waals surface area contributed by atoms with Crippen molar-refractivity contribution in [1.82, 2.24) is 0 Å². The molecule has 1 heterocycles. The molecule has 1 aromatic rings. The first-order valence-corrected chi connectivity index (χ1v) is 6.32. The second-order valence-electron chi connectivity index (χ2n) is 4.43. The summed E-state index contributed by atoms with van der Waals surface area (Å²) in [4.78, 5) is 23.2. The highest BCUT2D eigenvalue weighted by molar-refractivity contribution is 6.01. The van der Waals surface area contributed by atoms with Gasteiger partial charge in [0.25, 0.3) is 5.91 Å². The van der Waals surface area contributed by atoms with Crippen LogP contribution in [0.3, 0.4) is 0 Å². The van der Waals surface area contributed by atoms with Crippen molar-refractivity contribution in [1.29, 1.82) is 0 Å². The Balaban J connectivity index is 2.13. The number of benzene rings is 1. The number of halogens is 1. The van der Waals surface area contributed by atoms with Crippen LogP contribution < -0.4 is 16.4 Å². The Hall–Kier alpha value is -1.99. The number of hydrogen-bond donors (Lipinski definition) is 3. The minimum absolute atomic E-state index is 0.173. The average molecular weight is 281 g/mol. The Kier molecular flexibility index (Phi) is 4.65. The minimum atomic E-state index is -0.521. The topological polar surface area (TPSA) is 93.5 Å². The fraction of sp³-hybridized carbons (Fsp3) is 0.385. The van der Waals surface area contributed by atoms with Crippen LogP contribution in [-0.2, 0) is 14.3 Å². The third-order valence-corrected chi connectivity index (χ3v) is 2.92. The lowest BCUT2D eigenvalue weighted by atomic mass is 10.2. The molecule has 6 nitrogen and oxygen atoms in total. The molecule has 2 amide bonds. The van der Waals surface area contributed by atoms with Gasteiger partial charge in [-0.25, -0.2) is 4.39 Å². The molecule has 1 atom stereocenters. The summed E-state index contributed by atoms with van der Waals surface area (Å²) in [5.74, 6) is -1.30.